The Kier molecular flexibility index (Phi) is 8.18. The lowest BCUT2D eigenvalue weighted by molar-refractivity contribution is 0.121. The van der Waals surface area contributed by atoms with E-state index in [1.54, 1.807) is 6.92 Å². The fourth-order valence-electron chi connectivity index (χ4n) is 1.41. The topological polar surface area (TPSA) is 62.3 Å². The standard InChI is InChI=1S/C12H25N3O/c1-4-16-10-9-15(3)8-6-5-7-12(2,14)11-13/h4-10,14H2,1-3H3. The second-order valence-corrected chi connectivity index (χ2v) is 4.49. The highest BCUT2D eigenvalue weighted by Gasteiger charge is 2.15. The Balaban J connectivity index is 3.41. The molecule has 0 saturated carbocycles. The average Bonchev–Trinajstić information content (AvgIpc) is 2.25. The Hall–Kier alpha value is -0.630. The predicted octanol–water partition coefficient (Wildman–Crippen LogP) is 1.37. The summed E-state index contributed by atoms with van der Waals surface area (Å²) in [5.74, 6) is 0. The molecule has 0 aliphatic heterocycles. The Morgan fingerprint density at radius 2 is 2.06 bits per heavy atom. The number of nitrogens with zero attached hydrogens (tertiary/aromatic N) is 2. The number of nitrogens with two attached hydrogens (primary N) is 1. The van der Waals surface area contributed by atoms with Crippen LogP contribution in [0.2, 0.25) is 0 Å². The van der Waals surface area contributed by atoms with Gasteiger partial charge in [-0.1, -0.05) is 0 Å². The number of nitriles is 1. The average molecular weight is 227 g/mol. The van der Waals surface area contributed by atoms with Crippen molar-refractivity contribution in [2.24, 2.45) is 5.73 Å². The number of ether oxygens (including phenoxy) is 1. The summed E-state index contributed by atoms with van der Waals surface area (Å²) in [7, 11) is 2.09. The quantitative estimate of drug-likeness (QED) is 0.604. The molecule has 0 heterocycles. The van der Waals surface area contributed by atoms with Crippen LogP contribution < -0.4 is 5.73 Å². The van der Waals surface area contributed by atoms with E-state index in [9.17, 15) is 0 Å². The van der Waals surface area contributed by atoms with Crippen LogP contribution in [0.15, 0.2) is 0 Å². The van der Waals surface area contributed by atoms with Gasteiger partial charge < -0.3 is 15.4 Å². The van der Waals surface area contributed by atoms with Gasteiger partial charge in [0, 0.05) is 13.2 Å². The second kappa shape index (κ2) is 8.51. The molecule has 2 N–H and O–H groups in total. The number of likely N-dealkylation sites (N-methyl/N-ethyl adjacent to an activating group) is 1. The van der Waals surface area contributed by atoms with Crippen LogP contribution in [-0.2, 0) is 4.74 Å². The molecular weight excluding hydrogens is 202 g/mol. The van der Waals surface area contributed by atoms with Crippen LogP contribution in [0.1, 0.15) is 33.1 Å². The largest absolute Gasteiger partial charge is 0.380 e. The van der Waals surface area contributed by atoms with Crippen molar-refractivity contribution in [2.75, 3.05) is 33.4 Å². The summed E-state index contributed by atoms with van der Waals surface area (Å²) in [5, 5.41) is 8.74. The van der Waals surface area contributed by atoms with Gasteiger partial charge in [-0.05, 0) is 46.7 Å². The van der Waals surface area contributed by atoms with E-state index < -0.39 is 5.54 Å². The Morgan fingerprint density at radius 3 is 2.62 bits per heavy atom. The molecule has 0 amide bonds. The third-order valence-electron chi connectivity index (χ3n) is 2.56. The molecule has 0 aromatic heterocycles. The molecule has 16 heavy (non-hydrogen) atoms. The number of rotatable bonds is 9. The zero-order valence-electron chi connectivity index (χ0n) is 10.8. The molecule has 0 saturated heterocycles. The van der Waals surface area contributed by atoms with E-state index in [0.29, 0.717) is 0 Å². The summed E-state index contributed by atoms with van der Waals surface area (Å²) in [6, 6.07) is 2.12. The maximum Gasteiger partial charge on any atom is 0.101 e. The first-order chi connectivity index (χ1) is 7.52. The molecule has 94 valence electrons. The molecule has 0 aromatic carbocycles. The summed E-state index contributed by atoms with van der Waals surface area (Å²) in [4.78, 5) is 2.25. The van der Waals surface area contributed by atoms with Crippen LogP contribution >= 0.6 is 0 Å². The van der Waals surface area contributed by atoms with E-state index in [1.807, 2.05) is 6.92 Å². The molecule has 4 heteroatoms. The first-order valence-corrected chi connectivity index (χ1v) is 5.98. The Morgan fingerprint density at radius 1 is 1.38 bits per heavy atom. The maximum absolute atomic E-state index is 8.74. The van der Waals surface area contributed by atoms with Crippen molar-refractivity contribution < 1.29 is 4.74 Å². The number of hydrogen-bond donors (Lipinski definition) is 1. The van der Waals surface area contributed by atoms with Gasteiger partial charge in [-0.15, -0.1) is 0 Å². The molecule has 4 nitrogen and oxygen atoms in total. The molecule has 0 rings (SSSR count). The van der Waals surface area contributed by atoms with Gasteiger partial charge in [0.1, 0.15) is 5.54 Å². The van der Waals surface area contributed by atoms with Gasteiger partial charge in [-0.2, -0.15) is 5.26 Å². The van der Waals surface area contributed by atoms with Crippen LogP contribution in [0.4, 0.5) is 0 Å². The van der Waals surface area contributed by atoms with Crippen molar-refractivity contribution in [3.63, 3.8) is 0 Å². The van der Waals surface area contributed by atoms with Gasteiger partial charge in [0.2, 0.25) is 0 Å². The fraction of sp³-hybridized carbons (Fsp3) is 0.917. The number of hydrogen-bond acceptors (Lipinski definition) is 4. The SMILES string of the molecule is CCOCCN(C)CCCCC(C)(N)C#N. The zero-order chi connectivity index (χ0) is 12.4. The fourth-order valence-corrected chi connectivity index (χ4v) is 1.41. The smallest absolute Gasteiger partial charge is 0.101 e. The first kappa shape index (κ1) is 15.4. The van der Waals surface area contributed by atoms with Crippen LogP contribution in [0.5, 0.6) is 0 Å². The van der Waals surface area contributed by atoms with Gasteiger partial charge in [0.05, 0.1) is 12.7 Å². The summed E-state index contributed by atoms with van der Waals surface area (Å²) < 4.78 is 5.28. The molecule has 0 aromatic rings. The van der Waals surface area contributed by atoms with Gasteiger partial charge >= 0.3 is 0 Å². The van der Waals surface area contributed by atoms with Crippen LogP contribution in [0.3, 0.4) is 0 Å². The van der Waals surface area contributed by atoms with Crippen molar-refractivity contribution in [1.29, 1.82) is 5.26 Å². The highest BCUT2D eigenvalue weighted by Crippen LogP contribution is 2.09. The van der Waals surface area contributed by atoms with Gasteiger partial charge in [0.15, 0.2) is 0 Å². The minimum atomic E-state index is -0.663. The summed E-state index contributed by atoms with van der Waals surface area (Å²) >= 11 is 0. The summed E-state index contributed by atoms with van der Waals surface area (Å²) in [6.07, 6.45) is 2.85. The monoisotopic (exact) mass is 227 g/mol. The zero-order valence-corrected chi connectivity index (χ0v) is 10.8. The van der Waals surface area contributed by atoms with Crippen molar-refractivity contribution in [3.05, 3.63) is 0 Å². The Labute approximate surface area is 99.4 Å². The lowest BCUT2D eigenvalue weighted by Gasteiger charge is -2.18. The van der Waals surface area contributed by atoms with E-state index in [4.69, 9.17) is 15.7 Å². The third kappa shape index (κ3) is 8.66. The minimum Gasteiger partial charge on any atom is -0.380 e. The molecule has 1 atom stereocenters. The molecule has 1 unspecified atom stereocenters. The van der Waals surface area contributed by atoms with Crippen molar-refractivity contribution in [3.8, 4) is 6.07 Å². The molecular formula is C12H25N3O. The van der Waals surface area contributed by atoms with Crippen molar-refractivity contribution >= 4 is 0 Å². The summed E-state index contributed by atoms with van der Waals surface area (Å²) in [6.45, 7) is 7.36. The van der Waals surface area contributed by atoms with Crippen molar-refractivity contribution in [1.82, 2.24) is 4.90 Å². The Bertz CT molecular complexity index is 211. The lowest BCUT2D eigenvalue weighted by Crippen LogP contribution is -2.34. The lowest BCUT2D eigenvalue weighted by atomic mass is 9.98. The summed E-state index contributed by atoms with van der Waals surface area (Å²) in [5.41, 5.74) is 5.07. The minimum absolute atomic E-state index is 0.663. The molecule has 0 aliphatic carbocycles. The molecule has 0 radical (unpaired) electrons. The molecule has 0 bridgehead atoms. The highest BCUT2D eigenvalue weighted by molar-refractivity contribution is 5.00. The van der Waals surface area contributed by atoms with E-state index >= 15 is 0 Å². The first-order valence-electron chi connectivity index (χ1n) is 5.98. The highest BCUT2D eigenvalue weighted by atomic mass is 16.5. The van der Waals surface area contributed by atoms with Crippen LogP contribution in [-0.4, -0.2) is 43.8 Å². The van der Waals surface area contributed by atoms with E-state index in [-0.39, 0.29) is 0 Å². The van der Waals surface area contributed by atoms with Crippen molar-refractivity contribution in [2.45, 2.75) is 38.6 Å². The van der Waals surface area contributed by atoms with E-state index in [1.165, 1.54) is 0 Å². The van der Waals surface area contributed by atoms with Crippen LogP contribution in [0, 0.1) is 11.3 Å². The second-order valence-electron chi connectivity index (χ2n) is 4.49. The maximum atomic E-state index is 8.74. The van der Waals surface area contributed by atoms with Gasteiger partial charge in [0.25, 0.3) is 0 Å². The predicted molar refractivity (Wildman–Crippen MR) is 66.0 cm³/mol. The number of unbranched alkanes of at least 4 members (excludes halogenated alkanes) is 1. The molecule has 0 fully saturated rings. The van der Waals surface area contributed by atoms with Gasteiger partial charge in [-0.3, -0.25) is 0 Å². The third-order valence-corrected chi connectivity index (χ3v) is 2.56. The van der Waals surface area contributed by atoms with Gasteiger partial charge in [-0.25, -0.2) is 0 Å². The normalized spacial score (nSPS) is 14.8. The van der Waals surface area contributed by atoms with E-state index in [2.05, 4.69) is 18.0 Å². The molecule has 0 aliphatic rings. The van der Waals surface area contributed by atoms with E-state index in [0.717, 1.165) is 45.6 Å². The molecule has 0 spiro atoms. The van der Waals surface area contributed by atoms with Crippen LogP contribution in [0.25, 0.3) is 0 Å².